The van der Waals surface area contributed by atoms with E-state index in [1.54, 1.807) is 6.20 Å². The van der Waals surface area contributed by atoms with Gasteiger partial charge in [0, 0.05) is 30.3 Å². The van der Waals surface area contributed by atoms with Gasteiger partial charge in [0.15, 0.2) is 0 Å². The highest BCUT2D eigenvalue weighted by Crippen LogP contribution is 2.28. The number of hydrogen-bond acceptors (Lipinski definition) is 4. The van der Waals surface area contributed by atoms with Crippen molar-refractivity contribution in [3.63, 3.8) is 0 Å². The second kappa shape index (κ2) is 3.85. The standard InChI is InChI=1S/C8H7F3N4S/c1-2-5-12-3-4-15(5)7-13-6(14-16-7)8(9,10)11/h3-4H,2H2,1H3. The van der Waals surface area contributed by atoms with Crippen molar-refractivity contribution in [2.45, 2.75) is 19.5 Å². The minimum atomic E-state index is -4.50. The minimum Gasteiger partial charge on any atom is -0.278 e. The average Bonchev–Trinajstić information content (AvgIpc) is 2.84. The summed E-state index contributed by atoms with van der Waals surface area (Å²) in [5.74, 6) is -0.451. The molecule has 0 aliphatic heterocycles. The molecule has 16 heavy (non-hydrogen) atoms. The van der Waals surface area contributed by atoms with E-state index >= 15 is 0 Å². The highest BCUT2D eigenvalue weighted by molar-refractivity contribution is 7.08. The highest BCUT2D eigenvalue weighted by atomic mass is 32.1. The van der Waals surface area contributed by atoms with Gasteiger partial charge in [-0.25, -0.2) is 4.98 Å². The van der Waals surface area contributed by atoms with Crippen molar-refractivity contribution in [1.29, 1.82) is 0 Å². The fourth-order valence-corrected chi connectivity index (χ4v) is 1.89. The molecule has 2 heterocycles. The summed E-state index contributed by atoms with van der Waals surface area (Å²) < 4.78 is 41.6. The van der Waals surface area contributed by atoms with Gasteiger partial charge in [0.05, 0.1) is 0 Å². The number of aryl methyl sites for hydroxylation is 1. The van der Waals surface area contributed by atoms with Gasteiger partial charge in [-0.3, -0.25) is 4.57 Å². The maximum atomic E-state index is 12.3. The molecule has 8 heteroatoms. The lowest BCUT2D eigenvalue weighted by Crippen LogP contribution is -2.08. The molecule has 0 amide bonds. The first-order chi connectivity index (χ1) is 7.52. The molecule has 2 aromatic heterocycles. The number of imidazole rings is 1. The molecule has 2 rings (SSSR count). The fourth-order valence-electron chi connectivity index (χ4n) is 1.20. The van der Waals surface area contributed by atoms with Crippen LogP contribution in [0.5, 0.6) is 0 Å². The normalized spacial score (nSPS) is 12.0. The molecule has 0 spiro atoms. The summed E-state index contributed by atoms with van der Waals surface area (Å²) in [6, 6.07) is 0. The van der Waals surface area contributed by atoms with Crippen molar-refractivity contribution in [2.75, 3.05) is 0 Å². The van der Waals surface area contributed by atoms with Crippen LogP contribution in [0.15, 0.2) is 12.4 Å². The third kappa shape index (κ3) is 1.92. The average molecular weight is 248 g/mol. The van der Waals surface area contributed by atoms with Crippen LogP contribution in [-0.4, -0.2) is 18.9 Å². The van der Waals surface area contributed by atoms with E-state index in [1.165, 1.54) is 10.8 Å². The maximum Gasteiger partial charge on any atom is 0.452 e. The molecular weight excluding hydrogens is 241 g/mol. The van der Waals surface area contributed by atoms with Gasteiger partial charge in [0.25, 0.3) is 0 Å². The van der Waals surface area contributed by atoms with Crippen LogP contribution in [-0.2, 0) is 12.6 Å². The van der Waals surface area contributed by atoms with Crippen molar-refractivity contribution in [3.05, 3.63) is 24.0 Å². The molecule has 0 saturated carbocycles. The third-order valence-corrected chi connectivity index (χ3v) is 2.62. The Morgan fingerprint density at radius 2 is 2.19 bits per heavy atom. The summed E-state index contributed by atoms with van der Waals surface area (Å²) in [5.41, 5.74) is 0. The molecule has 0 aliphatic rings. The van der Waals surface area contributed by atoms with E-state index in [0.29, 0.717) is 23.8 Å². The first-order valence-corrected chi connectivity index (χ1v) is 5.23. The van der Waals surface area contributed by atoms with E-state index in [1.807, 2.05) is 6.92 Å². The summed E-state index contributed by atoms with van der Waals surface area (Å²) in [4.78, 5) is 7.44. The predicted octanol–water partition coefficient (Wildman–Crippen LogP) is 2.31. The molecule has 0 bridgehead atoms. The van der Waals surface area contributed by atoms with Gasteiger partial charge in [-0.2, -0.15) is 22.5 Å². The minimum absolute atomic E-state index is 0.182. The van der Waals surface area contributed by atoms with Crippen molar-refractivity contribution in [1.82, 2.24) is 18.9 Å². The molecule has 0 saturated heterocycles. The van der Waals surface area contributed by atoms with Gasteiger partial charge in [0.1, 0.15) is 5.82 Å². The number of nitrogens with zero attached hydrogens (tertiary/aromatic N) is 4. The Kier molecular flexibility index (Phi) is 2.66. The van der Waals surface area contributed by atoms with Crippen LogP contribution in [0.4, 0.5) is 13.2 Å². The lowest BCUT2D eigenvalue weighted by Gasteiger charge is -2.00. The molecular formula is C8H7F3N4S. The number of hydrogen-bond donors (Lipinski definition) is 0. The summed E-state index contributed by atoms with van der Waals surface area (Å²) in [6.07, 6.45) is -0.789. The van der Waals surface area contributed by atoms with Crippen molar-refractivity contribution < 1.29 is 13.2 Å². The molecule has 2 aromatic rings. The summed E-state index contributed by atoms with van der Waals surface area (Å²) >= 11 is 0.706. The summed E-state index contributed by atoms with van der Waals surface area (Å²) in [7, 11) is 0. The highest BCUT2D eigenvalue weighted by Gasteiger charge is 2.36. The molecule has 0 aliphatic carbocycles. The van der Waals surface area contributed by atoms with E-state index in [2.05, 4.69) is 14.3 Å². The van der Waals surface area contributed by atoms with Gasteiger partial charge in [-0.15, -0.1) is 0 Å². The smallest absolute Gasteiger partial charge is 0.278 e. The lowest BCUT2D eigenvalue weighted by molar-refractivity contribution is -0.144. The van der Waals surface area contributed by atoms with Gasteiger partial charge in [0.2, 0.25) is 11.0 Å². The monoisotopic (exact) mass is 248 g/mol. The second-order valence-corrected chi connectivity index (χ2v) is 3.70. The van der Waals surface area contributed by atoms with Gasteiger partial charge in [-0.05, 0) is 0 Å². The molecule has 86 valence electrons. The van der Waals surface area contributed by atoms with Gasteiger partial charge >= 0.3 is 6.18 Å². The van der Waals surface area contributed by atoms with Gasteiger partial charge < -0.3 is 0 Å². The van der Waals surface area contributed by atoms with Crippen LogP contribution in [0.25, 0.3) is 5.13 Å². The molecule has 0 aromatic carbocycles. The third-order valence-electron chi connectivity index (χ3n) is 1.91. The molecule has 0 unspecified atom stereocenters. The van der Waals surface area contributed by atoms with E-state index in [-0.39, 0.29) is 5.13 Å². The second-order valence-electron chi connectivity index (χ2n) is 2.97. The van der Waals surface area contributed by atoms with E-state index < -0.39 is 12.0 Å². The molecule has 0 fully saturated rings. The van der Waals surface area contributed by atoms with Crippen molar-refractivity contribution >= 4 is 11.5 Å². The topological polar surface area (TPSA) is 43.6 Å². The molecule has 0 radical (unpaired) electrons. The molecule has 4 nitrogen and oxygen atoms in total. The zero-order valence-corrected chi connectivity index (χ0v) is 9.01. The first-order valence-electron chi connectivity index (χ1n) is 4.46. The van der Waals surface area contributed by atoms with Crippen LogP contribution in [0, 0.1) is 0 Å². The quantitative estimate of drug-likeness (QED) is 0.819. The van der Waals surface area contributed by atoms with Crippen LogP contribution < -0.4 is 0 Å². The van der Waals surface area contributed by atoms with Crippen molar-refractivity contribution in [3.8, 4) is 5.13 Å². The van der Waals surface area contributed by atoms with Crippen LogP contribution in [0.1, 0.15) is 18.6 Å². The Bertz CT molecular complexity index is 487. The molecule has 0 N–H and O–H groups in total. The number of rotatable bonds is 2. The predicted molar refractivity (Wildman–Crippen MR) is 51.4 cm³/mol. The van der Waals surface area contributed by atoms with Crippen LogP contribution in [0.3, 0.4) is 0 Å². The summed E-state index contributed by atoms with van der Waals surface area (Å²) in [6.45, 7) is 1.87. The van der Waals surface area contributed by atoms with Crippen LogP contribution in [0.2, 0.25) is 0 Å². The van der Waals surface area contributed by atoms with Crippen LogP contribution >= 0.6 is 11.5 Å². The van der Waals surface area contributed by atoms with Crippen molar-refractivity contribution in [2.24, 2.45) is 0 Å². The Morgan fingerprint density at radius 3 is 2.75 bits per heavy atom. The maximum absolute atomic E-state index is 12.3. The lowest BCUT2D eigenvalue weighted by atomic mass is 10.5. The van der Waals surface area contributed by atoms with E-state index in [0.717, 1.165) is 0 Å². The molecule has 0 atom stereocenters. The zero-order valence-electron chi connectivity index (χ0n) is 8.19. The number of aromatic nitrogens is 4. The Hall–Kier alpha value is -1.44. The Labute approximate surface area is 92.9 Å². The summed E-state index contributed by atoms with van der Waals surface area (Å²) in [5, 5.41) is 0.182. The Balaban J connectivity index is 2.39. The largest absolute Gasteiger partial charge is 0.452 e. The van der Waals surface area contributed by atoms with E-state index in [4.69, 9.17) is 0 Å². The fraction of sp³-hybridized carbons (Fsp3) is 0.375. The van der Waals surface area contributed by atoms with E-state index in [9.17, 15) is 13.2 Å². The van der Waals surface area contributed by atoms with Gasteiger partial charge in [-0.1, -0.05) is 6.92 Å². The number of halogens is 3. The zero-order chi connectivity index (χ0) is 11.8. The first kappa shape index (κ1) is 11.1. The Morgan fingerprint density at radius 1 is 1.44 bits per heavy atom. The SMILES string of the molecule is CCc1nccn1-c1nc(C(F)(F)F)ns1. The number of alkyl halides is 3.